The van der Waals surface area contributed by atoms with Crippen molar-refractivity contribution in [1.29, 1.82) is 0 Å². The second-order valence-electron chi connectivity index (χ2n) is 0.577. The molecule has 0 aliphatic rings. The van der Waals surface area contributed by atoms with Crippen LogP contribution in [0.2, 0.25) is 0 Å². The fourth-order valence-electron chi connectivity index (χ4n) is 0. The molecule has 16 heteroatoms. The molecular formula is H10B2O11Zn3. The van der Waals surface area contributed by atoms with Crippen molar-refractivity contribution < 1.29 is 116 Å². The predicted molar refractivity (Wildman–Crippen MR) is 29.6 cm³/mol. The average molecular weight is 404 g/mol. The molecule has 10 N–H and O–H groups in total. The maximum Gasteiger partial charge on any atom is 2.00 e. The molecule has 0 spiro atoms. The Labute approximate surface area is 130 Å². The van der Waals surface area contributed by atoms with Crippen LogP contribution in [0.4, 0.5) is 0 Å². The van der Waals surface area contributed by atoms with Gasteiger partial charge in [-0.1, -0.05) is 0 Å². The van der Waals surface area contributed by atoms with Gasteiger partial charge in [-0.15, -0.1) is 0 Å². The summed E-state index contributed by atoms with van der Waals surface area (Å²) < 4.78 is 0. The van der Waals surface area contributed by atoms with Crippen molar-refractivity contribution in [3.05, 3.63) is 0 Å². The fraction of sp³-hybridized carbons (Fsp3) is 0. The summed E-state index contributed by atoms with van der Waals surface area (Å²) in [6.45, 7) is 0. The predicted octanol–water partition coefficient (Wildman–Crippen LogP) is -12.0. The van der Waals surface area contributed by atoms with Gasteiger partial charge in [0.05, 0.1) is 0 Å². The van der Waals surface area contributed by atoms with Crippen LogP contribution >= 0.6 is 0 Å². The molecule has 0 aromatic heterocycles. The normalized spacial score (nSPS) is 3.38. The van der Waals surface area contributed by atoms with Gasteiger partial charge in [-0.2, -0.15) is 0 Å². The van der Waals surface area contributed by atoms with Gasteiger partial charge in [0.2, 0.25) is 0 Å². The van der Waals surface area contributed by atoms with Gasteiger partial charge < -0.3 is 57.5 Å². The van der Waals surface area contributed by atoms with Crippen molar-refractivity contribution >= 4 is 14.6 Å². The van der Waals surface area contributed by atoms with Gasteiger partial charge in [-0.25, -0.2) is 0 Å². The molecule has 0 aliphatic carbocycles. The molecule has 0 rings (SSSR count). The summed E-state index contributed by atoms with van der Waals surface area (Å²) in [6, 6.07) is 0. The van der Waals surface area contributed by atoms with Gasteiger partial charge in [-0.05, 0) is 0 Å². The Bertz CT molecular complexity index is 34.7. The summed E-state index contributed by atoms with van der Waals surface area (Å²) >= 11 is 0. The van der Waals surface area contributed by atoms with E-state index in [2.05, 4.69) is 0 Å². The second-order valence-corrected chi connectivity index (χ2v) is 0.577. The van der Waals surface area contributed by atoms with Crippen molar-refractivity contribution in [3.8, 4) is 0 Å². The first-order chi connectivity index (χ1) is 3.46. The molecule has 0 heterocycles. The van der Waals surface area contributed by atoms with Gasteiger partial charge in [0, 0.05) is 0 Å². The standard InChI is InChI=1S/2BO3.5H2O.3Zn/c2*2-1(3)4;;;;;;;;/h;;5*1H2;;;/q2*-3;;;;;;3*+2. The maximum atomic E-state index is 8.42. The summed E-state index contributed by atoms with van der Waals surface area (Å²) in [6.07, 6.45) is 0. The summed E-state index contributed by atoms with van der Waals surface area (Å²) in [5, 5.41) is 50.5. The Morgan fingerprint density at radius 2 is 0.375 bits per heavy atom. The average Bonchev–Trinajstić information content (AvgIpc) is 1.25. The van der Waals surface area contributed by atoms with E-state index in [1.54, 1.807) is 0 Å². The minimum Gasteiger partial charge on any atom is -0.907 e. The van der Waals surface area contributed by atoms with Crippen LogP contribution in [0.15, 0.2) is 0 Å². The number of rotatable bonds is 0. The summed E-state index contributed by atoms with van der Waals surface area (Å²) in [4.78, 5) is 0. The minimum absolute atomic E-state index is 0. The molecule has 0 aromatic rings. The third-order valence-electron chi connectivity index (χ3n) is 0. The van der Waals surface area contributed by atoms with Gasteiger partial charge in [0.25, 0.3) is 0 Å². The minimum atomic E-state index is -2.92. The molecular weight excluding hydrogens is 394 g/mol. The molecule has 0 aromatic carbocycles. The second kappa shape index (κ2) is 70.2. The topological polar surface area (TPSA) is 296 Å². The van der Waals surface area contributed by atoms with Crippen LogP contribution in [0.1, 0.15) is 0 Å². The first kappa shape index (κ1) is 84.3. The van der Waals surface area contributed by atoms with Crippen LogP contribution in [-0.2, 0) is 58.4 Å². The third kappa shape index (κ3) is 1360. The summed E-state index contributed by atoms with van der Waals surface area (Å²) in [7, 11) is -5.83. The van der Waals surface area contributed by atoms with Gasteiger partial charge >= 0.3 is 58.4 Å². The van der Waals surface area contributed by atoms with E-state index < -0.39 is 14.6 Å². The first-order valence-electron chi connectivity index (χ1n) is 1.41. The molecule has 0 atom stereocenters. The zero-order valence-corrected chi connectivity index (χ0v) is 17.1. The van der Waals surface area contributed by atoms with Crippen molar-refractivity contribution in [3.63, 3.8) is 0 Å². The molecule has 0 fully saturated rings. The van der Waals surface area contributed by atoms with E-state index in [0.717, 1.165) is 0 Å². The zero-order valence-electron chi connectivity index (χ0n) is 8.23. The van der Waals surface area contributed by atoms with E-state index in [1.165, 1.54) is 0 Å². The molecule has 0 aliphatic heterocycles. The monoisotopic (exact) mass is 400 g/mol. The Morgan fingerprint density at radius 1 is 0.375 bits per heavy atom. The number of hydrogen-bond acceptors (Lipinski definition) is 6. The van der Waals surface area contributed by atoms with E-state index >= 15 is 0 Å². The third-order valence-corrected chi connectivity index (χ3v) is 0. The van der Waals surface area contributed by atoms with Crippen molar-refractivity contribution in [2.75, 3.05) is 0 Å². The Kier molecular flexibility index (Phi) is 369. The van der Waals surface area contributed by atoms with E-state index in [1.807, 2.05) is 0 Å². The molecule has 0 amide bonds. The smallest absolute Gasteiger partial charge is 0.907 e. The molecule has 16 heavy (non-hydrogen) atoms. The van der Waals surface area contributed by atoms with E-state index in [4.69, 9.17) is 30.1 Å². The first-order valence-corrected chi connectivity index (χ1v) is 1.41. The maximum absolute atomic E-state index is 8.42. The van der Waals surface area contributed by atoms with Crippen LogP contribution < -0.4 is 30.1 Å². The fourth-order valence-corrected chi connectivity index (χ4v) is 0. The van der Waals surface area contributed by atoms with E-state index in [0.29, 0.717) is 0 Å². The molecule has 11 nitrogen and oxygen atoms in total. The van der Waals surface area contributed by atoms with E-state index in [-0.39, 0.29) is 85.8 Å². The van der Waals surface area contributed by atoms with Gasteiger partial charge in [-0.3, -0.25) is 14.6 Å². The van der Waals surface area contributed by atoms with Crippen molar-refractivity contribution in [2.45, 2.75) is 0 Å². The summed E-state index contributed by atoms with van der Waals surface area (Å²) in [5.41, 5.74) is 0. The largest absolute Gasteiger partial charge is 2.00 e. The number of hydrogen-bond donors (Lipinski definition) is 0. The molecule has 0 saturated carbocycles. The molecule has 0 radical (unpaired) electrons. The molecule has 0 bridgehead atoms. The Balaban J connectivity index is -0.00000000375. The van der Waals surface area contributed by atoms with E-state index in [9.17, 15) is 0 Å². The molecule has 88 valence electrons. The molecule has 0 saturated heterocycles. The van der Waals surface area contributed by atoms with Gasteiger partial charge in [0.15, 0.2) is 0 Å². The summed E-state index contributed by atoms with van der Waals surface area (Å²) in [5.74, 6) is 0. The van der Waals surface area contributed by atoms with Crippen LogP contribution in [-0.4, -0.2) is 42.0 Å². The van der Waals surface area contributed by atoms with Crippen LogP contribution in [0, 0.1) is 0 Å². The quantitative estimate of drug-likeness (QED) is 0.353. The molecule has 0 unspecified atom stereocenters. The van der Waals surface area contributed by atoms with Crippen molar-refractivity contribution in [2.24, 2.45) is 0 Å². The SMILES string of the molecule is O.O.O.O.O.[O-]B([O-])[O-].[O-]B([O-])[O-].[Zn+2].[Zn+2].[Zn+2]. The Hall–Kier alpha value is 1.56. The van der Waals surface area contributed by atoms with Crippen LogP contribution in [0.5, 0.6) is 0 Å². The zero-order chi connectivity index (χ0) is 7.15. The van der Waals surface area contributed by atoms with Crippen LogP contribution in [0.25, 0.3) is 0 Å². The Morgan fingerprint density at radius 3 is 0.375 bits per heavy atom. The van der Waals surface area contributed by atoms with Crippen LogP contribution in [0.3, 0.4) is 0 Å². The van der Waals surface area contributed by atoms with Crippen molar-refractivity contribution in [1.82, 2.24) is 0 Å². The van der Waals surface area contributed by atoms with Gasteiger partial charge in [0.1, 0.15) is 0 Å².